The van der Waals surface area contributed by atoms with Crippen molar-refractivity contribution in [3.05, 3.63) is 241 Å². The van der Waals surface area contributed by atoms with Crippen molar-refractivity contribution in [1.82, 2.24) is 4.57 Å². The normalized spacial score (nSPS) is 18.3. The highest BCUT2D eigenvalue weighted by Gasteiger charge is 2.44. The van der Waals surface area contributed by atoms with E-state index < -0.39 is 0 Å². The molecule has 0 radical (unpaired) electrons. The van der Waals surface area contributed by atoms with E-state index in [4.69, 9.17) is 4.42 Å². The Morgan fingerprint density at radius 2 is 1.28 bits per heavy atom. The molecule has 0 spiro atoms. The lowest BCUT2D eigenvalue weighted by molar-refractivity contribution is 0.346. The molecule has 3 nitrogen and oxygen atoms in total. The molecule has 10 aromatic rings. The SMILES string of the molecule is CC1(c2ccccc2N(c2ccc(-c3cccc4c5ccccc5n(-c5ccccc5)c34)cc2)c2cccc(-c3cccc4c3oc3ccccc34)c2)C=CC=C2C=CC=C(C3CCCCC3)C21. The number of rotatable bonds is 8. The van der Waals surface area contributed by atoms with Crippen LogP contribution in [0, 0.1) is 11.8 Å². The molecule has 0 N–H and O–H groups in total. The third-order valence-electron chi connectivity index (χ3n) is 15.3. The van der Waals surface area contributed by atoms with Crippen molar-refractivity contribution in [2.75, 3.05) is 4.90 Å². The molecule has 0 aliphatic heterocycles. The third-order valence-corrected chi connectivity index (χ3v) is 15.3. The van der Waals surface area contributed by atoms with Crippen LogP contribution < -0.4 is 4.90 Å². The lowest BCUT2D eigenvalue weighted by Crippen LogP contribution is -2.38. The summed E-state index contributed by atoms with van der Waals surface area (Å²) >= 11 is 0. The highest BCUT2D eigenvalue weighted by atomic mass is 16.3. The Kier molecular flexibility index (Phi) is 9.78. The van der Waals surface area contributed by atoms with Gasteiger partial charge >= 0.3 is 0 Å². The number of anilines is 3. The Labute approximate surface area is 398 Å². The van der Waals surface area contributed by atoms with Gasteiger partial charge in [-0.05, 0) is 95.6 Å². The Morgan fingerprint density at radius 1 is 0.559 bits per heavy atom. The summed E-state index contributed by atoms with van der Waals surface area (Å²) in [5.74, 6) is 0.853. The van der Waals surface area contributed by atoms with Gasteiger partial charge in [0.25, 0.3) is 0 Å². The zero-order chi connectivity index (χ0) is 45.2. The lowest BCUT2D eigenvalue weighted by Gasteiger charge is -2.45. The maximum absolute atomic E-state index is 6.63. The van der Waals surface area contributed by atoms with Crippen LogP contribution in [0.3, 0.4) is 0 Å². The molecule has 2 unspecified atom stereocenters. The van der Waals surface area contributed by atoms with Crippen molar-refractivity contribution in [3.63, 3.8) is 0 Å². The summed E-state index contributed by atoms with van der Waals surface area (Å²) in [5.41, 5.74) is 17.3. The number of hydrogen-bond donors (Lipinski definition) is 0. The molecular weight excluding hydrogens is 825 g/mol. The van der Waals surface area contributed by atoms with Crippen molar-refractivity contribution in [3.8, 4) is 27.9 Å². The number of hydrogen-bond acceptors (Lipinski definition) is 2. The molecule has 0 amide bonds. The zero-order valence-corrected chi connectivity index (χ0v) is 38.4. The summed E-state index contributed by atoms with van der Waals surface area (Å²) in [4.78, 5) is 2.50. The Bertz CT molecular complexity index is 3680. The van der Waals surface area contributed by atoms with Crippen LogP contribution in [0.25, 0.3) is 71.7 Å². The van der Waals surface area contributed by atoms with Crippen molar-refractivity contribution in [2.24, 2.45) is 11.8 Å². The number of nitrogens with zero attached hydrogens (tertiary/aromatic N) is 2. The molecule has 2 atom stereocenters. The maximum atomic E-state index is 6.63. The van der Waals surface area contributed by atoms with Gasteiger partial charge in [-0.3, -0.25) is 0 Å². The van der Waals surface area contributed by atoms with Crippen molar-refractivity contribution >= 4 is 60.8 Å². The molecule has 2 heterocycles. The van der Waals surface area contributed by atoms with E-state index in [1.807, 2.05) is 6.07 Å². The summed E-state index contributed by atoms with van der Waals surface area (Å²) in [7, 11) is 0. The smallest absolute Gasteiger partial charge is 0.143 e. The van der Waals surface area contributed by atoms with Crippen LogP contribution in [0.15, 0.2) is 240 Å². The third kappa shape index (κ3) is 6.55. The molecule has 13 rings (SSSR count). The number of furan rings is 1. The minimum absolute atomic E-state index is 0.250. The standard InChI is InChI=1S/C65H52N2O/c1-65(42-18-23-46-21-15-29-51(62(46)65)44-19-4-2-5-20-44)58-34-10-12-36-60(58)66(50-26-14-22-47(43-50)53-31-17-33-57-55-28-9-13-37-61(55)68-64(53)57)49-40-38-45(39-41-49)52-30-16-32-56-54-27-8-11-35-59(54)67(63(52)56)48-24-6-3-7-25-48/h3,6-18,21-44,62H,2,4-5,19-20H2,1H3. The Hall–Kier alpha value is -7.88. The van der Waals surface area contributed by atoms with Gasteiger partial charge in [0.1, 0.15) is 11.2 Å². The van der Waals surface area contributed by atoms with Gasteiger partial charge in [0.05, 0.1) is 16.7 Å². The number of benzene rings is 8. The van der Waals surface area contributed by atoms with Crippen molar-refractivity contribution < 1.29 is 4.42 Å². The molecule has 3 heteroatoms. The second-order valence-electron chi connectivity index (χ2n) is 19.2. The largest absolute Gasteiger partial charge is 0.455 e. The second kappa shape index (κ2) is 16.5. The van der Waals surface area contributed by atoms with E-state index in [1.165, 1.54) is 81.9 Å². The van der Waals surface area contributed by atoms with Crippen LogP contribution in [0.5, 0.6) is 0 Å². The molecule has 68 heavy (non-hydrogen) atoms. The zero-order valence-electron chi connectivity index (χ0n) is 38.4. The Balaban J connectivity index is 0.990. The molecular formula is C65H52N2O. The number of allylic oxidation sites excluding steroid dienone is 8. The van der Waals surface area contributed by atoms with E-state index in [9.17, 15) is 0 Å². The van der Waals surface area contributed by atoms with E-state index >= 15 is 0 Å². The molecule has 1 saturated carbocycles. The topological polar surface area (TPSA) is 21.3 Å². The number of para-hydroxylation sites is 6. The van der Waals surface area contributed by atoms with E-state index in [-0.39, 0.29) is 11.3 Å². The van der Waals surface area contributed by atoms with Crippen LogP contribution in [0.2, 0.25) is 0 Å². The second-order valence-corrected chi connectivity index (χ2v) is 19.2. The molecule has 3 aliphatic carbocycles. The summed E-state index contributed by atoms with van der Waals surface area (Å²) in [6, 6.07) is 68.8. The highest BCUT2D eigenvalue weighted by molar-refractivity contribution is 6.14. The van der Waals surface area contributed by atoms with Gasteiger partial charge in [-0.1, -0.05) is 202 Å². The minimum atomic E-state index is -0.301. The Morgan fingerprint density at radius 3 is 2.15 bits per heavy atom. The molecule has 0 saturated heterocycles. The van der Waals surface area contributed by atoms with Crippen LogP contribution in [0.4, 0.5) is 17.1 Å². The monoisotopic (exact) mass is 876 g/mol. The first-order chi connectivity index (χ1) is 33.6. The summed E-state index contributed by atoms with van der Waals surface area (Å²) in [5, 5.41) is 4.77. The fraction of sp³-hybridized carbons (Fsp3) is 0.138. The molecule has 3 aliphatic rings. The number of aromatic nitrogens is 1. The highest BCUT2D eigenvalue weighted by Crippen LogP contribution is 2.54. The first-order valence-corrected chi connectivity index (χ1v) is 24.5. The van der Waals surface area contributed by atoms with E-state index in [0.717, 1.165) is 50.1 Å². The van der Waals surface area contributed by atoms with Gasteiger partial charge in [-0.25, -0.2) is 0 Å². The van der Waals surface area contributed by atoms with E-state index in [2.05, 4.69) is 235 Å². The van der Waals surface area contributed by atoms with Gasteiger partial charge in [0, 0.05) is 61.1 Å². The first-order valence-electron chi connectivity index (χ1n) is 24.5. The molecule has 328 valence electrons. The fourth-order valence-corrected chi connectivity index (χ4v) is 12.2. The van der Waals surface area contributed by atoms with Crippen LogP contribution in [-0.2, 0) is 5.41 Å². The quantitative estimate of drug-likeness (QED) is 0.152. The molecule has 8 aromatic carbocycles. The van der Waals surface area contributed by atoms with E-state index in [1.54, 1.807) is 5.57 Å². The van der Waals surface area contributed by atoms with Crippen LogP contribution in [0.1, 0.15) is 44.6 Å². The summed E-state index contributed by atoms with van der Waals surface area (Å²) < 4.78 is 9.06. The van der Waals surface area contributed by atoms with Gasteiger partial charge in [-0.2, -0.15) is 0 Å². The van der Waals surface area contributed by atoms with Gasteiger partial charge in [-0.15, -0.1) is 0 Å². The predicted molar refractivity (Wildman–Crippen MR) is 285 cm³/mol. The van der Waals surface area contributed by atoms with Crippen molar-refractivity contribution in [1.29, 1.82) is 0 Å². The molecule has 1 fully saturated rings. The first kappa shape index (κ1) is 40.4. The lowest BCUT2D eigenvalue weighted by atomic mass is 9.59. The molecule has 2 aromatic heterocycles. The average molecular weight is 877 g/mol. The summed E-state index contributed by atoms with van der Waals surface area (Å²) in [6.45, 7) is 2.49. The van der Waals surface area contributed by atoms with Crippen molar-refractivity contribution in [2.45, 2.75) is 44.4 Å². The summed E-state index contributed by atoms with van der Waals surface area (Å²) in [6.07, 6.45) is 20.8. The number of fused-ring (bicyclic) bond motifs is 7. The maximum Gasteiger partial charge on any atom is 0.143 e. The minimum Gasteiger partial charge on any atom is -0.455 e. The predicted octanol–water partition coefficient (Wildman–Crippen LogP) is 17.9. The van der Waals surface area contributed by atoms with Gasteiger partial charge < -0.3 is 13.9 Å². The van der Waals surface area contributed by atoms with Gasteiger partial charge in [0.15, 0.2) is 0 Å². The van der Waals surface area contributed by atoms with Crippen LogP contribution >= 0.6 is 0 Å². The van der Waals surface area contributed by atoms with E-state index in [0.29, 0.717) is 5.92 Å². The van der Waals surface area contributed by atoms with Crippen LogP contribution in [-0.4, -0.2) is 4.57 Å². The average Bonchev–Trinajstić information content (AvgIpc) is 3.96. The van der Waals surface area contributed by atoms with Gasteiger partial charge in [0.2, 0.25) is 0 Å². The molecule has 0 bridgehead atoms. The fourth-order valence-electron chi connectivity index (χ4n) is 12.2.